The van der Waals surface area contributed by atoms with Crippen molar-refractivity contribution in [2.24, 2.45) is 0 Å². The molecule has 3 rings (SSSR count). The van der Waals surface area contributed by atoms with E-state index in [4.69, 9.17) is 0 Å². The summed E-state index contributed by atoms with van der Waals surface area (Å²) < 4.78 is 0. The number of hydrogen-bond acceptors (Lipinski definition) is 4. The number of aryl methyl sites for hydroxylation is 1. The fraction of sp³-hybridized carbons (Fsp3) is 0.227. The summed E-state index contributed by atoms with van der Waals surface area (Å²) in [6.45, 7) is 6.88. The van der Waals surface area contributed by atoms with Crippen LogP contribution in [0.15, 0.2) is 61.1 Å². The Balaban J connectivity index is 1.68. The van der Waals surface area contributed by atoms with E-state index in [1.807, 2.05) is 18.2 Å². The molecule has 0 bridgehead atoms. The third-order valence-corrected chi connectivity index (χ3v) is 4.39. The zero-order chi connectivity index (χ0) is 19.2. The summed E-state index contributed by atoms with van der Waals surface area (Å²) in [6.07, 6.45) is 5.10. The van der Waals surface area contributed by atoms with Gasteiger partial charge in [0.1, 0.15) is 5.69 Å². The summed E-state index contributed by atoms with van der Waals surface area (Å²) in [5.74, 6) is 0.218. The SMILES string of the molecule is Cc1cccc(C(C)C)c1Nc1ccc(C(=O)NCc2ccncc2)nc1. The molecule has 0 atom stereocenters. The minimum Gasteiger partial charge on any atom is -0.354 e. The van der Waals surface area contributed by atoms with Gasteiger partial charge in [0.05, 0.1) is 11.9 Å². The van der Waals surface area contributed by atoms with E-state index in [0.29, 0.717) is 18.2 Å². The second-order valence-electron chi connectivity index (χ2n) is 6.79. The van der Waals surface area contributed by atoms with Crippen LogP contribution in [0.25, 0.3) is 0 Å². The van der Waals surface area contributed by atoms with Crippen LogP contribution in [0, 0.1) is 6.92 Å². The third-order valence-electron chi connectivity index (χ3n) is 4.39. The van der Waals surface area contributed by atoms with Gasteiger partial charge in [0.15, 0.2) is 0 Å². The minimum atomic E-state index is -0.197. The van der Waals surface area contributed by atoms with E-state index in [0.717, 1.165) is 16.9 Å². The first-order valence-corrected chi connectivity index (χ1v) is 9.04. The predicted octanol–water partition coefficient (Wildman–Crippen LogP) is 4.58. The van der Waals surface area contributed by atoms with Crippen molar-refractivity contribution >= 4 is 17.3 Å². The maximum atomic E-state index is 12.3. The van der Waals surface area contributed by atoms with Gasteiger partial charge in [-0.2, -0.15) is 0 Å². The molecule has 0 saturated heterocycles. The van der Waals surface area contributed by atoms with E-state index in [2.05, 4.69) is 59.6 Å². The van der Waals surface area contributed by atoms with Crippen LogP contribution >= 0.6 is 0 Å². The Hall–Kier alpha value is -3.21. The Kier molecular flexibility index (Phi) is 5.81. The number of anilines is 2. The van der Waals surface area contributed by atoms with Crippen molar-refractivity contribution in [3.63, 3.8) is 0 Å². The molecule has 0 spiro atoms. The molecule has 0 fully saturated rings. The van der Waals surface area contributed by atoms with E-state index in [1.165, 1.54) is 11.1 Å². The first-order chi connectivity index (χ1) is 13.0. The van der Waals surface area contributed by atoms with Crippen molar-refractivity contribution in [3.8, 4) is 0 Å². The summed E-state index contributed by atoms with van der Waals surface area (Å²) in [5, 5.41) is 6.31. The zero-order valence-electron chi connectivity index (χ0n) is 15.9. The van der Waals surface area contributed by atoms with Gasteiger partial charge in [0.25, 0.3) is 5.91 Å². The van der Waals surface area contributed by atoms with Crippen molar-refractivity contribution in [2.75, 3.05) is 5.32 Å². The van der Waals surface area contributed by atoms with Gasteiger partial charge in [0, 0.05) is 24.6 Å². The Morgan fingerprint density at radius 1 is 1.07 bits per heavy atom. The number of nitrogens with one attached hydrogen (secondary N) is 2. The highest BCUT2D eigenvalue weighted by molar-refractivity contribution is 5.92. The lowest BCUT2D eigenvalue weighted by Gasteiger charge is -2.17. The largest absolute Gasteiger partial charge is 0.354 e. The topological polar surface area (TPSA) is 66.9 Å². The summed E-state index contributed by atoms with van der Waals surface area (Å²) in [4.78, 5) is 20.5. The number of hydrogen-bond donors (Lipinski definition) is 2. The molecule has 5 heteroatoms. The number of carbonyl (C=O) groups is 1. The zero-order valence-corrected chi connectivity index (χ0v) is 15.9. The summed E-state index contributed by atoms with van der Waals surface area (Å²) in [6, 6.07) is 13.6. The maximum Gasteiger partial charge on any atom is 0.270 e. The first kappa shape index (κ1) is 18.6. The molecule has 138 valence electrons. The third kappa shape index (κ3) is 4.70. The molecule has 1 amide bonds. The van der Waals surface area contributed by atoms with Gasteiger partial charge in [-0.15, -0.1) is 0 Å². The Morgan fingerprint density at radius 2 is 1.85 bits per heavy atom. The summed E-state index contributed by atoms with van der Waals surface area (Å²) >= 11 is 0. The van der Waals surface area contributed by atoms with Crippen molar-refractivity contribution in [3.05, 3.63) is 83.4 Å². The number of para-hydroxylation sites is 1. The molecule has 5 nitrogen and oxygen atoms in total. The van der Waals surface area contributed by atoms with Crippen LogP contribution in [0.5, 0.6) is 0 Å². The second-order valence-corrected chi connectivity index (χ2v) is 6.79. The van der Waals surface area contributed by atoms with Crippen molar-refractivity contribution < 1.29 is 4.79 Å². The molecule has 0 aliphatic rings. The van der Waals surface area contributed by atoms with Crippen molar-refractivity contribution in [2.45, 2.75) is 33.2 Å². The molecule has 27 heavy (non-hydrogen) atoms. The molecule has 0 saturated carbocycles. The molecule has 0 aliphatic heterocycles. The van der Waals surface area contributed by atoms with E-state index < -0.39 is 0 Å². The highest BCUT2D eigenvalue weighted by Crippen LogP contribution is 2.30. The molecule has 3 aromatic rings. The number of benzene rings is 1. The van der Waals surface area contributed by atoms with Gasteiger partial charge in [-0.25, -0.2) is 4.98 Å². The molecular weight excluding hydrogens is 336 g/mol. The van der Waals surface area contributed by atoms with Crippen molar-refractivity contribution in [1.82, 2.24) is 15.3 Å². The number of carbonyl (C=O) groups excluding carboxylic acids is 1. The van der Waals surface area contributed by atoms with E-state index in [1.54, 1.807) is 24.7 Å². The van der Waals surface area contributed by atoms with E-state index in [9.17, 15) is 4.79 Å². The van der Waals surface area contributed by atoms with Gasteiger partial charge < -0.3 is 10.6 Å². The van der Waals surface area contributed by atoms with E-state index >= 15 is 0 Å². The van der Waals surface area contributed by atoms with Crippen molar-refractivity contribution in [1.29, 1.82) is 0 Å². The lowest BCUT2D eigenvalue weighted by molar-refractivity contribution is 0.0946. The van der Waals surface area contributed by atoms with Crippen LogP contribution in [-0.4, -0.2) is 15.9 Å². The number of rotatable bonds is 6. The average molecular weight is 360 g/mol. The highest BCUT2D eigenvalue weighted by atomic mass is 16.1. The number of pyridine rings is 2. The van der Waals surface area contributed by atoms with Gasteiger partial charge in [-0.3, -0.25) is 9.78 Å². The molecular formula is C22H24N4O. The quantitative estimate of drug-likeness (QED) is 0.675. The van der Waals surface area contributed by atoms with Gasteiger partial charge in [0.2, 0.25) is 0 Å². The normalized spacial score (nSPS) is 10.7. The summed E-state index contributed by atoms with van der Waals surface area (Å²) in [5.41, 5.74) is 5.79. The van der Waals surface area contributed by atoms with Crippen LogP contribution in [0.3, 0.4) is 0 Å². The lowest BCUT2D eigenvalue weighted by Crippen LogP contribution is -2.23. The average Bonchev–Trinajstić information content (AvgIpc) is 2.69. The monoisotopic (exact) mass is 360 g/mol. The van der Waals surface area contributed by atoms with Crippen LogP contribution in [0.4, 0.5) is 11.4 Å². The van der Waals surface area contributed by atoms with Crippen LogP contribution in [0.1, 0.15) is 46.9 Å². The van der Waals surface area contributed by atoms with E-state index in [-0.39, 0.29) is 5.91 Å². The minimum absolute atomic E-state index is 0.197. The Labute approximate surface area is 159 Å². The van der Waals surface area contributed by atoms with Gasteiger partial charge >= 0.3 is 0 Å². The standard InChI is InChI=1S/C22H24N4O/c1-15(2)19-6-4-5-16(3)21(19)26-18-7-8-20(24-14-18)22(27)25-13-17-9-11-23-12-10-17/h4-12,14-15,26H,13H2,1-3H3,(H,25,27). The fourth-order valence-electron chi connectivity index (χ4n) is 2.86. The molecule has 1 aromatic carbocycles. The highest BCUT2D eigenvalue weighted by Gasteiger charge is 2.11. The Morgan fingerprint density at radius 3 is 2.52 bits per heavy atom. The van der Waals surface area contributed by atoms with Crippen LogP contribution < -0.4 is 10.6 Å². The number of amides is 1. The Bertz CT molecular complexity index is 905. The predicted molar refractivity (Wildman–Crippen MR) is 108 cm³/mol. The van der Waals surface area contributed by atoms with Gasteiger partial charge in [-0.1, -0.05) is 32.0 Å². The molecule has 0 radical (unpaired) electrons. The maximum absolute atomic E-state index is 12.3. The molecule has 2 heterocycles. The van der Waals surface area contributed by atoms with Gasteiger partial charge in [-0.05, 0) is 53.8 Å². The molecule has 0 unspecified atom stereocenters. The van der Waals surface area contributed by atoms with Crippen LogP contribution in [0.2, 0.25) is 0 Å². The number of aromatic nitrogens is 2. The smallest absolute Gasteiger partial charge is 0.270 e. The second kappa shape index (κ2) is 8.45. The first-order valence-electron chi connectivity index (χ1n) is 9.04. The molecule has 0 aliphatic carbocycles. The summed E-state index contributed by atoms with van der Waals surface area (Å²) in [7, 11) is 0. The molecule has 2 N–H and O–H groups in total. The lowest BCUT2D eigenvalue weighted by atomic mass is 9.98. The fourth-order valence-corrected chi connectivity index (χ4v) is 2.86. The number of nitrogens with zero attached hydrogens (tertiary/aromatic N) is 2. The molecule has 2 aromatic heterocycles. The van der Waals surface area contributed by atoms with Crippen LogP contribution in [-0.2, 0) is 6.54 Å².